The van der Waals surface area contributed by atoms with Crippen molar-refractivity contribution in [2.45, 2.75) is 36.6 Å². The molecule has 0 aromatic heterocycles. The third-order valence-corrected chi connectivity index (χ3v) is 10.1. The number of carbonyl (C=O) groups is 3. The van der Waals surface area contributed by atoms with Gasteiger partial charge in [0.25, 0.3) is 0 Å². The molecule has 50 heavy (non-hydrogen) atoms. The first-order chi connectivity index (χ1) is 24.1. The van der Waals surface area contributed by atoms with Gasteiger partial charge in [0.05, 0.1) is 62.7 Å². The second kappa shape index (κ2) is 12.5. The summed E-state index contributed by atoms with van der Waals surface area (Å²) in [6.45, 7) is -0.475. The molecular formula is C36H36O14. The first-order valence-electron chi connectivity index (χ1n) is 15.8. The molecule has 0 radical (unpaired) electrons. The first-order valence-corrected chi connectivity index (χ1v) is 15.8. The van der Waals surface area contributed by atoms with Gasteiger partial charge < -0.3 is 52.8 Å². The average Bonchev–Trinajstić information content (AvgIpc) is 3.12. The Morgan fingerprint density at radius 1 is 0.760 bits per heavy atom. The van der Waals surface area contributed by atoms with E-state index in [1.165, 1.54) is 60.9 Å². The van der Waals surface area contributed by atoms with Gasteiger partial charge >= 0.3 is 0 Å². The summed E-state index contributed by atoms with van der Waals surface area (Å²) < 4.78 is 52.0. The van der Waals surface area contributed by atoms with Crippen molar-refractivity contribution in [2.75, 3.05) is 56.2 Å². The highest BCUT2D eigenvalue weighted by molar-refractivity contribution is 6.23. The number of carbonyl (C=O) groups excluding carboxylic acids is 3. The van der Waals surface area contributed by atoms with E-state index in [1.807, 2.05) is 0 Å². The smallest absolute Gasteiger partial charge is 0.212 e. The number of aromatic hydroxyl groups is 1. The third kappa shape index (κ3) is 4.52. The zero-order valence-electron chi connectivity index (χ0n) is 28.2. The Morgan fingerprint density at radius 3 is 2.02 bits per heavy atom. The summed E-state index contributed by atoms with van der Waals surface area (Å²) >= 11 is 0. The Morgan fingerprint density at radius 2 is 1.38 bits per heavy atom. The lowest BCUT2D eigenvalue weighted by Crippen LogP contribution is -2.68. The van der Waals surface area contributed by atoms with Crippen LogP contribution in [0.1, 0.15) is 50.6 Å². The first kappa shape index (κ1) is 33.6. The van der Waals surface area contributed by atoms with Crippen LogP contribution in [-0.4, -0.2) is 102 Å². The minimum atomic E-state index is -2.24. The number of Topliss-reactive ketones (excluding diaryl/α,β-unsaturated/α-hetero) is 3. The molecule has 0 amide bonds. The molecule has 7 rings (SSSR count). The van der Waals surface area contributed by atoms with Gasteiger partial charge in [-0.15, -0.1) is 0 Å². The number of hydrogen-bond donors (Lipinski definition) is 2. The van der Waals surface area contributed by atoms with Gasteiger partial charge in [0.1, 0.15) is 53.8 Å². The standard InChI is InChI=1S/C36H36O14/c1-42-13-48-23-11-19(37)27-29-28(23)31-24(49-14-43-2)12-20(38)30-33(40)26-18(8-16(45-4)10-22(26)47-6)35(41)36(30,31)50-34(29)17-7-15(44-3)9-21(46-5)25(17)32(27)39/h7-10,23-24,28,31,39-40H,11-14H2,1-6H3/t23-,24-,28+,31-,36-/m1/s1. The Balaban J connectivity index is 1.65. The van der Waals surface area contributed by atoms with Gasteiger partial charge in [-0.3, -0.25) is 14.4 Å². The maximum absolute atomic E-state index is 15.4. The summed E-state index contributed by atoms with van der Waals surface area (Å²) in [4.78, 5) is 43.7. The lowest BCUT2D eigenvalue weighted by atomic mass is 9.54. The average molecular weight is 693 g/mol. The highest BCUT2D eigenvalue weighted by atomic mass is 16.7. The van der Waals surface area contributed by atoms with E-state index in [2.05, 4.69) is 0 Å². The fourth-order valence-corrected chi connectivity index (χ4v) is 8.21. The highest BCUT2D eigenvalue weighted by Gasteiger charge is 2.70. The molecule has 0 unspecified atom stereocenters. The Hall–Kier alpha value is -4.89. The second-order valence-corrected chi connectivity index (χ2v) is 12.4. The molecule has 3 aromatic carbocycles. The number of aliphatic hydroxyl groups excluding tert-OH is 1. The summed E-state index contributed by atoms with van der Waals surface area (Å²) in [7, 11) is 8.47. The molecule has 14 nitrogen and oxygen atoms in total. The van der Waals surface area contributed by atoms with Crippen LogP contribution in [0.3, 0.4) is 0 Å². The number of methoxy groups -OCH3 is 6. The number of rotatable bonds is 10. The summed E-state index contributed by atoms with van der Waals surface area (Å²) in [6.07, 6.45) is -2.52. The third-order valence-electron chi connectivity index (χ3n) is 10.1. The van der Waals surface area contributed by atoms with Crippen LogP contribution in [0.4, 0.5) is 0 Å². The Bertz CT molecular complexity index is 1980. The van der Waals surface area contributed by atoms with Crippen LogP contribution in [-0.2, 0) is 23.7 Å². The van der Waals surface area contributed by atoms with Crippen molar-refractivity contribution in [1.82, 2.24) is 0 Å². The van der Waals surface area contributed by atoms with Gasteiger partial charge in [-0.25, -0.2) is 0 Å². The van der Waals surface area contributed by atoms with Crippen molar-refractivity contribution >= 4 is 33.9 Å². The monoisotopic (exact) mass is 692 g/mol. The molecule has 2 N–H and O–H groups in total. The van der Waals surface area contributed by atoms with Crippen LogP contribution in [0.2, 0.25) is 0 Å². The fourth-order valence-electron chi connectivity index (χ4n) is 8.21. The normalized spacial score (nSPS) is 25.0. The minimum absolute atomic E-state index is 0.00211. The van der Waals surface area contributed by atoms with Gasteiger partial charge in [-0.1, -0.05) is 0 Å². The van der Waals surface area contributed by atoms with E-state index in [0.717, 1.165) is 0 Å². The molecule has 5 atom stereocenters. The molecule has 1 heterocycles. The number of aliphatic hydroxyl groups is 1. The maximum Gasteiger partial charge on any atom is 0.212 e. The summed E-state index contributed by atoms with van der Waals surface area (Å²) in [5.74, 6) is -3.84. The summed E-state index contributed by atoms with van der Waals surface area (Å²) in [6, 6.07) is 6.05. The predicted molar refractivity (Wildman–Crippen MR) is 174 cm³/mol. The summed E-state index contributed by atoms with van der Waals surface area (Å²) in [5.41, 5.74) is -2.37. The van der Waals surface area contributed by atoms with Crippen molar-refractivity contribution in [1.29, 1.82) is 0 Å². The van der Waals surface area contributed by atoms with E-state index >= 15 is 4.79 Å². The quantitative estimate of drug-likeness (QED) is 0.290. The number of hydrogen-bond acceptors (Lipinski definition) is 14. The predicted octanol–water partition coefficient (Wildman–Crippen LogP) is 4.11. The van der Waals surface area contributed by atoms with Crippen molar-refractivity contribution in [3.05, 3.63) is 52.1 Å². The van der Waals surface area contributed by atoms with Crippen molar-refractivity contribution in [2.24, 2.45) is 5.92 Å². The number of phenolic OH excluding ortho intramolecular Hbond substituents is 1. The number of fused-ring (bicyclic) bond motifs is 4. The van der Waals surface area contributed by atoms with Crippen LogP contribution >= 0.6 is 0 Å². The molecule has 1 spiro atoms. The molecule has 0 bridgehead atoms. The van der Waals surface area contributed by atoms with Crippen LogP contribution in [0.25, 0.3) is 16.5 Å². The zero-order chi connectivity index (χ0) is 35.6. The number of ether oxygens (including phenoxy) is 9. The van der Waals surface area contributed by atoms with Gasteiger partial charge in [-0.05, 0) is 12.1 Å². The van der Waals surface area contributed by atoms with E-state index < -0.39 is 52.8 Å². The largest absolute Gasteiger partial charge is 0.507 e. The Kier molecular flexibility index (Phi) is 8.37. The molecule has 1 fully saturated rings. The highest BCUT2D eigenvalue weighted by Crippen LogP contribution is 2.64. The molecular weight excluding hydrogens is 656 g/mol. The molecule has 3 aliphatic carbocycles. The van der Waals surface area contributed by atoms with E-state index in [4.69, 9.17) is 42.6 Å². The van der Waals surface area contributed by atoms with Crippen molar-refractivity contribution in [3.63, 3.8) is 0 Å². The van der Waals surface area contributed by atoms with Gasteiger partial charge in [-0.2, -0.15) is 0 Å². The molecule has 1 aliphatic heterocycles. The maximum atomic E-state index is 15.4. The zero-order valence-corrected chi connectivity index (χ0v) is 28.2. The van der Waals surface area contributed by atoms with E-state index in [-0.39, 0.29) is 93.8 Å². The fraction of sp³-hybridized carbons (Fsp3) is 0.417. The van der Waals surface area contributed by atoms with Crippen LogP contribution < -0.4 is 23.7 Å². The van der Waals surface area contributed by atoms with Gasteiger partial charge in [0.15, 0.2) is 11.6 Å². The lowest BCUT2D eigenvalue weighted by molar-refractivity contribution is -0.165. The van der Waals surface area contributed by atoms with Crippen LogP contribution in [0, 0.1) is 5.92 Å². The topological polar surface area (TPSA) is 175 Å². The number of benzene rings is 3. The molecule has 264 valence electrons. The second-order valence-electron chi connectivity index (χ2n) is 12.4. The van der Waals surface area contributed by atoms with Gasteiger partial charge in [0.2, 0.25) is 11.4 Å². The van der Waals surface area contributed by atoms with E-state index in [1.54, 1.807) is 6.07 Å². The number of phenols is 1. The molecule has 3 aromatic rings. The Labute approximate surface area is 286 Å². The molecule has 14 heteroatoms. The molecule has 0 saturated heterocycles. The van der Waals surface area contributed by atoms with Crippen molar-refractivity contribution in [3.8, 4) is 34.5 Å². The van der Waals surface area contributed by atoms with E-state index in [9.17, 15) is 19.8 Å². The number of ketones is 3. The van der Waals surface area contributed by atoms with E-state index in [0.29, 0.717) is 5.75 Å². The van der Waals surface area contributed by atoms with Crippen molar-refractivity contribution < 1.29 is 67.2 Å². The van der Waals surface area contributed by atoms with Crippen LogP contribution in [0.5, 0.6) is 34.5 Å². The summed E-state index contributed by atoms with van der Waals surface area (Å²) in [5, 5.41) is 24.3. The van der Waals surface area contributed by atoms with Gasteiger partial charge in [0, 0.05) is 67.5 Å². The minimum Gasteiger partial charge on any atom is -0.507 e. The lowest BCUT2D eigenvalue weighted by Gasteiger charge is -2.56. The molecule has 4 aliphatic rings. The molecule has 1 saturated carbocycles. The SMILES string of the molecule is COCO[C@@H]1CC(=O)c2c3c(c4cc(OC)cc(OC)c4c2O)O[C@]24C(=O)c5cc(OC)cc(OC)c5C(O)=C2C(=O)C[C@@H](OCOC)[C@@H]4[C@H]31. The van der Waals surface area contributed by atoms with Crippen LogP contribution in [0.15, 0.2) is 29.8 Å².